The molecule has 0 bridgehead atoms. The number of benzene rings is 1. The highest BCUT2D eigenvalue weighted by Crippen LogP contribution is 2.23. The van der Waals surface area contributed by atoms with E-state index in [4.69, 9.17) is 9.47 Å². The third kappa shape index (κ3) is 4.01. The van der Waals surface area contributed by atoms with E-state index in [1.165, 1.54) is 6.07 Å². The fourth-order valence-electron chi connectivity index (χ4n) is 2.62. The minimum absolute atomic E-state index is 0.131. The molecule has 0 saturated carbocycles. The Morgan fingerprint density at radius 3 is 2.70 bits per heavy atom. The lowest BCUT2D eigenvalue weighted by molar-refractivity contribution is -0.0884. The topological polar surface area (TPSA) is 30.5 Å². The molecule has 1 N–H and O–H groups in total. The minimum atomic E-state index is -0.137. The van der Waals surface area contributed by atoms with E-state index in [1.54, 1.807) is 13.2 Å². The van der Waals surface area contributed by atoms with E-state index in [-0.39, 0.29) is 17.5 Å². The maximum Gasteiger partial charge on any atom is 0.126 e. The first-order chi connectivity index (χ1) is 9.65. The second-order valence-corrected chi connectivity index (χ2v) is 5.58. The number of nitrogens with one attached hydrogen (secondary N) is 1. The normalized spacial score (nSPS) is 19.8. The number of hydrogen-bond acceptors (Lipinski definition) is 3. The molecule has 1 atom stereocenters. The van der Waals surface area contributed by atoms with Crippen LogP contribution in [0.25, 0.3) is 0 Å². The van der Waals surface area contributed by atoms with Gasteiger partial charge in [0.25, 0.3) is 0 Å². The molecule has 1 aliphatic heterocycles. The van der Waals surface area contributed by atoms with Gasteiger partial charge >= 0.3 is 0 Å². The molecule has 1 aromatic rings. The number of methoxy groups -OCH3 is 1. The van der Waals surface area contributed by atoms with Gasteiger partial charge < -0.3 is 14.8 Å². The molecule has 0 spiro atoms. The average molecular weight is 281 g/mol. The highest BCUT2D eigenvalue weighted by Gasteiger charge is 2.32. The van der Waals surface area contributed by atoms with Crippen molar-refractivity contribution in [2.24, 2.45) is 0 Å². The van der Waals surface area contributed by atoms with E-state index in [0.717, 1.165) is 38.2 Å². The van der Waals surface area contributed by atoms with Gasteiger partial charge in [0.15, 0.2) is 0 Å². The lowest BCUT2D eigenvalue weighted by Gasteiger charge is -2.37. The van der Waals surface area contributed by atoms with Crippen LogP contribution in [0, 0.1) is 5.82 Å². The number of halogens is 1. The molecule has 0 aliphatic carbocycles. The maximum absolute atomic E-state index is 13.6. The standard InChI is InChI=1S/C16H24FNO2/c1-13(11-14-5-3-4-6-15(14)17)18-12-16(19-2)7-9-20-10-8-16/h3-6,13,18H,7-12H2,1-2H3/t13-/m1/s1. The molecule has 0 radical (unpaired) electrons. The Labute approximate surface area is 120 Å². The molecule has 3 nitrogen and oxygen atoms in total. The summed E-state index contributed by atoms with van der Waals surface area (Å²) >= 11 is 0. The van der Waals surface area contributed by atoms with E-state index in [0.29, 0.717) is 6.42 Å². The van der Waals surface area contributed by atoms with Crippen molar-refractivity contribution in [3.05, 3.63) is 35.6 Å². The Kier molecular flexibility index (Phi) is 5.52. The molecule has 112 valence electrons. The molecule has 1 fully saturated rings. The zero-order chi connectivity index (χ0) is 14.4. The second-order valence-electron chi connectivity index (χ2n) is 5.58. The zero-order valence-electron chi connectivity index (χ0n) is 12.3. The van der Waals surface area contributed by atoms with Gasteiger partial charge in [-0.25, -0.2) is 4.39 Å². The van der Waals surface area contributed by atoms with Gasteiger partial charge in [0, 0.05) is 45.8 Å². The van der Waals surface area contributed by atoms with Crippen molar-refractivity contribution in [1.29, 1.82) is 0 Å². The lowest BCUT2D eigenvalue weighted by Crippen LogP contribution is -2.49. The van der Waals surface area contributed by atoms with Crippen molar-refractivity contribution >= 4 is 0 Å². The maximum atomic E-state index is 13.6. The summed E-state index contributed by atoms with van der Waals surface area (Å²) in [5.41, 5.74) is 0.618. The summed E-state index contributed by atoms with van der Waals surface area (Å²) in [6, 6.07) is 7.16. The highest BCUT2D eigenvalue weighted by molar-refractivity contribution is 5.18. The van der Waals surface area contributed by atoms with Gasteiger partial charge in [-0.2, -0.15) is 0 Å². The summed E-state index contributed by atoms with van der Waals surface area (Å²) in [7, 11) is 1.76. The van der Waals surface area contributed by atoms with Crippen molar-refractivity contribution in [2.45, 2.75) is 37.8 Å². The second kappa shape index (κ2) is 7.16. The van der Waals surface area contributed by atoms with Crippen LogP contribution in [-0.2, 0) is 15.9 Å². The average Bonchev–Trinajstić information content (AvgIpc) is 2.49. The van der Waals surface area contributed by atoms with E-state index in [1.807, 2.05) is 12.1 Å². The van der Waals surface area contributed by atoms with Gasteiger partial charge in [0.05, 0.1) is 5.60 Å². The van der Waals surface area contributed by atoms with Crippen LogP contribution in [-0.4, -0.2) is 38.5 Å². The largest absolute Gasteiger partial charge is 0.381 e. The minimum Gasteiger partial charge on any atom is -0.381 e. The molecule has 1 aromatic carbocycles. The Balaban J connectivity index is 1.85. The summed E-state index contributed by atoms with van der Waals surface area (Å²) in [6.45, 7) is 4.35. The van der Waals surface area contributed by atoms with Gasteiger partial charge in [-0.1, -0.05) is 18.2 Å². The summed E-state index contributed by atoms with van der Waals surface area (Å²) in [5.74, 6) is -0.131. The molecule has 0 aromatic heterocycles. The molecule has 1 heterocycles. The fourth-order valence-corrected chi connectivity index (χ4v) is 2.62. The van der Waals surface area contributed by atoms with Crippen LogP contribution in [0.15, 0.2) is 24.3 Å². The van der Waals surface area contributed by atoms with Crippen molar-refractivity contribution in [3.63, 3.8) is 0 Å². The molecule has 0 unspecified atom stereocenters. The van der Waals surface area contributed by atoms with Gasteiger partial charge in [-0.15, -0.1) is 0 Å². The van der Waals surface area contributed by atoms with Crippen LogP contribution >= 0.6 is 0 Å². The third-order valence-electron chi connectivity index (χ3n) is 4.09. The van der Waals surface area contributed by atoms with E-state index in [2.05, 4.69) is 12.2 Å². The summed E-state index contributed by atoms with van der Waals surface area (Å²) in [4.78, 5) is 0. The van der Waals surface area contributed by atoms with E-state index < -0.39 is 0 Å². The Bertz CT molecular complexity index is 419. The Hall–Kier alpha value is -0.970. The molecule has 0 amide bonds. The van der Waals surface area contributed by atoms with Crippen LogP contribution < -0.4 is 5.32 Å². The summed E-state index contributed by atoms with van der Waals surface area (Å²) in [5, 5.41) is 3.47. The molecule has 1 aliphatic rings. The third-order valence-corrected chi connectivity index (χ3v) is 4.09. The van der Waals surface area contributed by atoms with Crippen LogP contribution in [0.2, 0.25) is 0 Å². The molecular formula is C16H24FNO2. The predicted molar refractivity (Wildman–Crippen MR) is 77.4 cm³/mol. The Morgan fingerprint density at radius 2 is 2.05 bits per heavy atom. The summed E-state index contributed by atoms with van der Waals surface area (Å²) < 4.78 is 24.7. The Morgan fingerprint density at radius 1 is 1.35 bits per heavy atom. The van der Waals surface area contributed by atoms with E-state index >= 15 is 0 Å². The molecule has 4 heteroatoms. The fraction of sp³-hybridized carbons (Fsp3) is 0.625. The quantitative estimate of drug-likeness (QED) is 0.869. The highest BCUT2D eigenvalue weighted by atomic mass is 19.1. The first-order valence-corrected chi connectivity index (χ1v) is 7.25. The smallest absolute Gasteiger partial charge is 0.126 e. The monoisotopic (exact) mass is 281 g/mol. The van der Waals surface area contributed by atoms with E-state index in [9.17, 15) is 4.39 Å². The lowest BCUT2D eigenvalue weighted by atomic mass is 9.93. The first-order valence-electron chi connectivity index (χ1n) is 7.25. The van der Waals surface area contributed by atoms with Crippen LogP contribution in [0.5, 0.6) is 0 Å². The van der Waals surface area contributed by atoms with Gasteiger partial charge in [0.1, 0.15) is 5.82 Å². The molecular weight excluding hydrogens is 257 g/mol. The number of ether oxygens (including phenoxy) is 2. The van der Waals surface area contributed by atoms with Crippen molar-refractivity contribution in [1.82, 2.24) is 5.32 Å². The van der Waals surface area contributed by atoms with Gasteiger partial charge in [-0.3, -0.25) is 0 Å². The molecule has 1 saturated heterocycles. The van der Waals surface area contributed by atoms with Crippen LogP contribution in [0.1, 0.15) is 25.3 Å². The summed E-state index contributed by atoms with van der Waals surface area (Å²) in [6.07, 6.45) is 2.49. The van der Waals surface area contributed by atoms with Crippen molar-refractivity contribution in [2.75, 3.05) is 26.9 Å². The molecule has 2 rings (SSSR count). The van der Waals surface area contributed by atoms with Crippen LogP contribution in [0.3, 0.4) is 0 Å². The zero-order valence-corrected chi connectivity index (χ0v) is 12.3. The SMILES string of the molecule is COC1(CN[C@H](C)Cc2ccccc2F)CCOCC1. The van der Waals surface area contributed by atoms with Gasteiger partial charge in [0.2, 0.25) is 0 Å². The van der Waals surface area contributed by atoms with Crippen molar-refractivity contribution < 1.29 is 13.9 Å². The number of hydrogen-bond donors (Lipinski definition) is 1. The van der Waals surface area contributed by atoms with Crippen LogP contribution in [0.4, 0.5) is 4.39 Å². The predicted octanol–water partition coefficient (Wildman–Crippen LogP) is 2.54. The van der Waals surface area contributed by atoms with Crippen molar-refractivity contribution in [3.8, 4) is 0 Å². The first kappa shape index (κ1) is 15.4. The number of rotatable bonds is 6. The molecule has 20 heavy (non-hydrogen) atoms. The van der Waals surface area contributed by atoms with Gasteiger partial charge in [-0.05, 0) is 25.0 Å².